The van der Waals surface area contributed by atoms with E-state index in [1.54, 1.807) is 4.90 Å². The Balaban J connectivity index is 2.01. The van der Waals surface area contributed by atoms with Crippen LogP contribution in [0.2, 0.25) is 0 Å². The quantitative estimate of drug-likeness (QED) is 0.673. The fraction of sp³-hybridized carbons (Fsp3) is 0.750. The van der Waals surface area contributed by atoms with Crippen LogP contribution in [0.4, 0.5) is 13.2 Å². The highest BCUT2D eigenvalue weighted by atomic mass is 32.2. The minimum atomic E-state index is -4.67. The molecule has 2 heterocycles. The molecule has 2 atom stereocenters. The van der Waals surface area contributed by atoms with Crippen LogP contribution in [0, 0.1) is 0 Å². The Morgan fingerprint density at radius 1 is 1.32 bits per heavy atom. The van der Waals surface area contributed by atoms with Gasteiger partial charge in [-0.2, -0.15) is 13.2 Å². The second kappa shape index (κ2) is 6.35. The molecule has 22 heavy (non-hydrogen) atoms. The zero-order valence-corrected chi connectivity index (χ0v) is 13.1. The number of hydrogen-bond donors (Lipinski definition) is 1. The van der Waals surface area contributed by atoms with Gasteiger partial charge in [0.15, 0.2) is 0 Å². The van der Waals surface area contributed by atoms with E-state index in [1.165, 1.54) is 0 Å². The monoisotopic (exact) mass is 337 g/mol. The summed E-state index contributed by atoms with van der Waals surface area (Å²) in [5, 5.41) is 6.30. The van der Waals surface area contributed by atoms with Crippen molar-refractivity contribution in [3.63, 3.8) is 0 Å². The zero-order chi connectivity index (χ0) is 16.5. The van der Waals surface area contributed by atoms with E-state index < -0.39 is 12.0 Å². The molecule has 1 aliphatic rings. The number of nitrogens with zero attached hydrogens (tertiary/aromatic N) is 4. The van der Waals surface area contributed by atoms with Crippen molar-refractivity contribution >= 4 is 17.7 Å². The smallest absolute Gasteiger partial charge is 0.337 e. The third-order valence-electron chi connectivity index (χ3n) is 3.72. The van der Waals surface area contributed by atoms with Crippen molar-refractivity contribution in [3.05, 3.63) is 5.82 Å². The number of amides is 1. The first-order valence-electron chi connectivity index (χ1n) is 6.93. The van der Waals surface area contributed by atoms with Crippen LogP contribution >= 0.6 is 11.8 Å². The molecule has 2 rings (SSSR count). The number of alkyl halides is 3. The van der Waals surface area contributed by atoms with Crippen LogP contribution in [0.3, 0.4) is 0 Å². The minimum absolute atomic E-state index is 0.0120. The van der Waals surface area contributed by atoms with Gasteiger partial charge in [-0.1, -0.05) is 11.8 Å². The maximum Gasteiger partial charge on any atom is 0.453 e. The lowest BCUT2D eigenvalue weighted by Crippen LogP contribution is -2.48. The lowest BCUT2D eigenvalue weighted by molar-refractivity contribution is -0.146. The SMILES string of the molecule is C[C@@H]1CCC[C@@H](C)N1C(=O)CSc1nnc(C(F)(F)F)n1N. The molecule has 1 fully saturated rings. The van der Waals surface area contributed by atoms with Gasteiger partial charge in [0.2, 0.25) is 11.1 Å². The Morgan fingerprint density at radius 2 is 1.91 bits per heavy atom. The number of likely N-dealkylation sites (tertiary alicyclic amines) is 1. The number of hydrogen-bond acceptors (Lipinski definition) is 5. The van der Waals surface area contributed by atoms with E-state index in [4.69, 9.17) is 5.84 Å². The van der Waals surface area contributed by atoms with Crippen molar-refractivity contribution in [1.29, 1.82) is 0 Å². The van der Waals surface area contributed by atoms with Crippen LogP contribution < -0.4 is 5.84 Å². The first-order valence-corrected chi connectivity index (χ1v) is 7.92. The molecule has 1 aromatic heterocycles. The number of thioether (sulfide) groups is 1. The largest absolute Gasteiger partial charge is 0.453 e. The Bertz CT molecular complexity index is 537. The van der Waals surface area contributed by atoms with E-state index in [0.29, 0.717) is 4.68 Å². The Kier molecular flexibility index (Phi) is 4.88. The van der Waals surface area contributed by atoms with Gasteiger partial charge in [-0.05, 0) is 33.1 Å². The fourth-order valence-corrected chi connectivity index (χ4v) is 3.41. The number of rotatable bonds is 3. The summed E-state index contributed by atoms with van der Waals surface area (Å²) >= 11 is 0.863. The van der Waals surface area contributed by atoms with Crippen LogP contribution in [-0.2, 0) is 11.0 Å². The molecule has 0 aliphatic carbocycles. The second-order valence-electron chi connectivity index (χ2n) is 5.39. The number of nitrogen functional groups attached to an aromatic ring is 1. The summed E-state index contributed by atoms with van der Waals surface area (Å²) in [6.45, 7) is 3.96. The van der Waals surface area contributed by atoms with Gasteiger partial charge in [0, 0.05) is 12.1 Å². The van der Waals surface area contributed by atoms with Crippen molar-refractivity contribution in [2.45, 2.75) is 56.5 Å². The summed E-state index contributed by atoms with van der Waals surface area (Å²) in [4.78, 5) is 14.1. The highest BCUT2D eigenvalue weighted by Crippen LogP contribution is 2.29. The predicted molar refractivity (Wildman–Crippen MR) is 75.5 cm³/mol. The third kappa shape index (κ3) is 3.47. The third-order valence-corrected chi connectivity index (χ3v) is 4.65. The molecule has 2 N–H and O–H groups in total. The number of carbonyl (C=O) groups is 1. The molecule has 1 amide bonds. The van der Waals surface area contributed by atoms with Crippen molar-refractivity contribution in [2.75, 3.05) is 11.6 Å². The first-order chi connectivity index (χ1) is 10.2. The molecule has 0 unspecified atom stereocenters. The fourth-order valence-electron chi connectivity index (χ4n) is 2.68. The van der Waals surface area contributed by atoms with E-state index in [0.717, 1.165) is 31.0 Å². The normalized spacial score (nSPS) is 22.9. The topological polar surface area (TPSA) is 77.0 Å². The van der Waals surface area contributed by atoms with Gasteiger partial charge in [-0.15, -0.1) is 10.2 Å². The van der Waals surface area contributed by atoms with Gasteiger partial charge in [0.1, 0.15) is 0 Å². The van der Waals surface area contributed by atoms with Gasteiger partial charge >= 0.3 is 6.18 Å². The van der Waals surface area contributed by atoms with Crippen molar-refractivity contribution in [3.8, 4) is 0 Å². The standard InChI is InChI=1S/C12H18F3N5OS/c1-7-4-3-5-8(2)19(7)9(21)6-22-11-18-17-10(20(11)16)12(13,14)15/h7-8H,3-6,16H2,1-2H3/t7-,8-/m1/s1. The number of carbonyl (C=O) groups excluding carboxylic acids is 1. The van der Waals surface area contributed by atoms with Crippen LogP contribution in [0.25, 0.3) is 0 Å². The summed E-state index contributed by atoms with van der Waals surface area (Å²) in [7, 11) is 0. The van der Waals surface area contributed by atoms with Gasteiger partial charge in [0.05, 0.1) is 5.75 Å². The molecule has 1 aromatic rings. The molecule has 6 nitrogen and oxygen atoms in total. The molecule has 0 saturated carbocycles. The molecular weight excluding hydrogens is 319 g/mol. The van der Waals surface area contributed by atoms with Crippen LogP contribution in [0.1, 0.15) is 38.9 Å². The second-order valence-corrected chi connectivity index (χ2v) is 6.34. The van der Waals surface area contributed by atoms with E-state index in [1.807, 2.05) is 13.8 Å². The average molecular weight is 337 g/mol. The number of aromatic nitrogens is 3. The predicted octanol–water partition coefficient (Wildman–Crippen LogP) is 1.89. The Morgan fingerprint density at radius 3 is 2.41 bits per heavy atom. The Hall–Kier alpha value is -1.45. The molecule has 0 aromatic carbocycles. The molecule has 124 valence electrons. The van der Waals surface area contributed by atoms with Crippen LogP contribution in [0.5, 0.6) is 0 Å². The number of halogens is 3. The van der Waals surface area contributed by atoms with E-state index in [-0.39, 0.29) is 28.9 Å². The highest BCUT2D eigenvalue weighted by molar-refractivity contribution is 7.99. The minimum Gasteiger partial charge on any atom is -0.337 e. The highest BCUT2D eigenvalue weighted by Gasteiger charge is 2.38. The van der Waals surface area contributed by atoms with E-state index in [2.05, 4.69) is 10.2 Å². The van der Waals surface area contributed by atoms with Crippen molar-refractivity contribution in [1.82, 2.24) is 19.8 Å². The summed E-state index contributed by atoms with van der Waals surface area (Å²) < 4.78 is 38.1. The summed E-state index contributed by atoms with van der Waals surface area (Å²) in [5.74, 6) is 3.92. The average Bonchev–Trinajstić information content (AvgIpc) is 2.77. The maximum atomic E-state index is 12.6. The maximum absolute atomic E-state index is 12.6. The van der Waals surface area contributed by atoms with Gasteiger partial charge in [-0.3, -0.25) is 4.79 Å². The van der Waals surface area contributed by atoms with Gasteiger partial charge < -0.3 is 10.7 Å². The molecule has 0 bridgehead atoms. The Labute approximate surface area is 130 Å². The summed E-state index contributed by atoms with van der Waals surface area (Å²) in [6, 6.07) is 0.275. The molecule has 1 saturated heterocycles. The van der Waals surface area contributed by atoms with Crippen molar-refractivity contribution in [2.24, 2.45) is 0 Å². The number of piperidine rings is 1. The van der Waals surface area contributed by atoms with E-state index in [9.17, 15) is 18.0 Å². The molecule has 0 spiro atoms. The van der Waals surface area contributed by atoms with Gasteiger partial charge in [-0.25, -0.2) is 4.68 Å². The molecule has 0 radical (unpaired) electrons. The summed E-state index contributed by atoms with van der Waals surface area (Å²) in [5.41, 5.74) is 0. The van der Waals surface area contributed by atoms with E-state index >= 15 is 0 Å². The molecule has 1 aliphatic heterocycles. The summed E-state index contributed by atoms with van der Waals surface area (Å²) in [6.07, 6.45) is -1.72. The zero-order valence-electron chi connectivity index (χ0n) is 12.3. The number of nitrogens with two attached hydrogens (primary N) is 1. The molecule has 10 heteroatoms. The lowest BCUT2D eigenvalue weighted by atomic mass is 9.98. The molecular formula is C12H18F3N5OS. The van der Waals surface area contributed by atoms with Crippen molar-refractivity contribution < 1.29 is 18.0 Å². The van der Waals surface area contributed by atoms with Crippen LogP contribution in [0.15, 0.2) is 5.16 Å². The van der Waals surface area contributed by atoms with Gasteiger partial charge in [0.25, 0.3) is 5.82 Å². The van der Waals surface area contributed by atoms with Crippen LogP contribution in [-0.4, -0.2) is 43.5 Å². The first kappa shape index (κ1) is 16.9. The lowest BCUT2D eigenvalue weighted by Gasteiger charge is -2.39.